The van der Waals surface area contributed by atoms with Crippen LogP contribution in [-0.2, 0) is 17.8 Å². The van der Waals surface area contributed by atoms with Gasteiger partial charge in [-0.3, -0.25) is 9.48 Å². The number of aromatic nitrogens is 5. The standard InChI is InChI=1S/C22H20F3N7O2/c1-11(33)27-18-8-16(17(34-4)9-26-18)28-19-7-15(29-21(30-19)22(2,24)25)12-5-13-10-32(3)31-20(13)14(23)6-12/h5-10H,1-4H3,(H2,26,27,28,29,30,33). The van der Waals surface area contributed by atoms with E-state index < -0.39 is 17.6 Å². The van der Waals surface area contributed by atoms with Gasteiger partial charge in [-0.05, 0) is 12.1 Å². The van der Waals surface area contributed by atoms with Crippen LogP contribution >= 0.6 is 0 Å². The maximum Gasteiger partial charge on any atom is 0.303 e. The average Bonchev–Trinajstić information content (AvgIpc) is 3.13. The lowest BCUT2D eigenvalue weighted by atomic mass is 10.1. The molecule has 0 aliphatic heterocycles. The highest BCUT2D eigenvalue weighted by atomic mass is 19.3. The third kappa shape index (κ3) is 4.75. The number of ether oxygens (including phenoxy) is 1. The van der Waals surface area contributed by atoms with Crippen LogP contribution in [0.5, 0.6) is 5.75 Å². The van der Waals surface area contributed by atoms with Crippen molar-refractivity contribution in [3.8, 4) is 17.0 Å². The summed E-state index contributed by atoms with van der Waals surface area (Å²) in [7, 11) is 3.06. The number of nitrogens with one attached hydrogen (secondary N) is 2. The van der Waals surface area contributed by atoms with Crippen molar-refractivity contribution in [3.63, 3.8) is 0 Å². The Morgan fingerprint density at radius 3 is 2.59 bits per heavy atom. The van der Waals surface area contributed by atoms with Gasteiger partial charge in [0.05, 0.1) is 24.7 Å². The van der Waals surface area contributed by atoms with Gasteiger partial charge >= 0.3 is 5.92 Å². The summed E-state index contributed by atoms with van der Waals surface area (Å²) in [6, 6.07) is 5.66. The monoisotopic (exact) mass is 471 g/mol. The first kappa shape index (κ1) is 23.0. The summed E-state index contributed by atoms with van der Waals surface area (Å²) in [6.07, 6.45) is 2.97. The first-order valence-corrected chi connectivity index (χ1v) is 10.0. The van der Waals surface area contributed by atoms with Crippen LogP contribution in [0.15, 0.2) is 36.7 Å². The lowest BCUT2D eigenvalue weighted by molar-refractivity contribution is -0.114. The third-order valence-electron chi connectivity index (χ3n) is 4.75. The van der Waals surface area contributed by atoms with Gasteiger partial charge in [-0.25, -0.2) is 19.3 Å². The Morgan fingerprint density at radius 2 is 1.91 bits per heavy atom. The van der Waals surface area contributed by atoms with Gasteiger partial charge in [0.1, 0.15) is 17.2 Å². The second-order valence-electron chi connectivity index (χ2n) is 7.63. The number of methoxy groups -OCH3 is 1. The Labute approximate surface area is 192 Å². The first-order valence-electron chi connectivity index (χ1n) is 10.0. The second-order valence-corrected chi connectivity index (χ2v) is 7.63. The Hall–Kier alpha value is -4.22. The Morgan fingerprint density at radius 1 is 1.15 bits per heavy atom. The number of carbonyl (C=O) groups is 1. The fourth-order valence-corrected chi connectivity index (χ4v) is 3.31. The summed E-state index contributed by atoms with van der Waals surface area (Å²) >= 11 is 0. The maximum atomic E-state index is 14.6. The SMILES string of the molecule is COc1cnc(NC(C)=O)cc1Nc1cc(-c2cc(F)c3nn(C)cc3c2)nc(C(C)(F)F)n1. The average molecular weight is 471 g/mol. The minimum Gasteiger partial charge on any atom is -0.493 e. The van der Waals surface area contributed by atoms with E-state index in [0.29, 0.717) is 18.0 Å². The number of pyridine rings is 1. The Bertz CT molecular complexity index is 1400. The number of rotatable bonds is 6. The van der Waals surface area contributed by atoms with Crippen molar-refractivity contribution < 1.29 is 22.7 Å². The van der Waals surface area contributed by atoms with E-state index in [-0.39, 0.29) is 40.1 Å². The summed E-state index contributed by atoms with van der Waals surface area (Å²) in [4.78, 5) is 23.3. The number of alkyl halides is 2. The third-order valence-corrected chi connectivity index (χ3v) is 4.75. The van der Waals surface area contributed by atoms with E-state index in [4.69, 9.17) is 4.74 Å². The molecule has 0 aliphatic rings. The lowest BCUT2D eigenvalue weighted by Gasteiger charge is -2.16. The van der Waals surface area contributed by atoms with Crippen molar-refractivity contribution in [3.05, 3.63) is 48.3 Å². The molecule has 4 aromatic rings. The van der Waals surface area contributed by atoms with Crippen LogP contribution in [0, 0.1) is 5.82 Å². The highest BCUT2D eigenvalue weighted by molar-refractivity contribution is 5.88. The molecule has 0 saturated carbocycles. The molecule has 0 unspecified atom stereocenters. The van der Waals surface area contributed by atoms with Gasteiger partial charge in [0.15, 0.2) is 11.6 Å². The molecule has 12 heteroatoms. The molecule has 0 fully saturated rings. The number of benzene rings is 1. The lowest BCUT2D eigenvalue weighted by Crippen LogP contribution is -2.14. The molecule has 0 bridgehead atoms. The highest BCUT2D eigenvalue weighted by Gasteiger charge is 2.30. The van der Waals surface area contributed by atoms with Crippen LogP contribution in [0.4, 0.5) is 30.5 Å². The van der Waals surface area contributed by atoms with E-state index in [0.717, 1.165) is 0 Å². The van der Waals surface area contributed by atoms with E-state index in [1.165, 1.54) is 43.1 Å². The summed E-state index contributed by atoms with van der Waals surface area (Å²) in [6.45, 7) is 1.99. The topological polar surface area (TPSA) is 107 Å². The van der Waals surface area contributed by atoms with Crippen LogP contribution in [0.3, 0.4) is 0 Å². The van der Waals surface area contributed by atoms with Crippen molar-refractivity contribution in [2.24, 2.45) is 7.05 Å². The number of anilines is 3. The van der Waals surface area contributed by atoms with Gasteiger partial charge in [-0.1, -0.05) is 0 Å². The van der Waals surface area contributed by atoms with Gasteiger partial charge < -0.3 is 15.4 Å². The minimum absolute atomic E-state index is 0.00601. The number of nitrogens with zero attached hydrogens (tertiary/aromatic N) is 5. The zero-order chi connectivity index (χ0) is 24.6. The maximum absolute atomic E-state index is 14.6. The summed E-state index contributed by atoms with van der Waals surface area (Å²) in [5.74, 6) is -4.57. The van der Waals surface area contributed by atoms with Crippen molar-refractivity contribution in [1.29, 1.82) is 0 Å². The molecule has 1 amide bonds. The number of hydrogen-bond donors (Lipinski definition) is 2. The molecule has 1 aromatic carbocycles. The number of halogens is 3. The molecule has 3 heterocycles. The molecule has 0 saturated heterocycles. The van der Waals surface area contributed by atoms with Crippen molar-refractivity contribution in [1.82, 2.24) is 24.7 Å². The number of hydrogen-bond acceptors (Lipinski definition) is 7. The van der Waals surface area contributed by atoms with Crippen LogP contribution in [0.25, 0.3) is 22.2 Å². The van der Waals surface area contributed by atoms with Crippen LogP contribution in [0.1, 0.15) is 19.7 Å². The molecule has 2 N–H and O–H groups in total. The number of amides is 1. The molecule has 34 heavy (non-hydrogen) atoms. The van der Waals surface area contributed by atoms with E-state index in [2.05, 4.69) is 30.7 Å². The van der Waals surface area contributed by atoms with E-state index in [1.54, 1.807) is 19.3 Å². The summed E-state index contributed by atoms with van der Waals surface area (Å²) < 4.78 is 49.8. The van der Waals surface area contributed by atoms with Gasteiger partial charge in [-0.15, -0.1) is 0 Å². The van der Waals surface area contributed by atoms with Gasteiger partial charge in [0, 0.05) is 50.2 Å². The van der Waals surface area contributed by atoms with Crippen LogP contribution < -0.4 is 15.4 Å². The number of aryl methyl sites for hydroxylation is 1. The van der Waals surface area contributed by atoms with E-state index >= 15 is 0 Å². The molecule has 4 rings (SSSR count). The molecule has 176 valence electrons. The van der Waals surface area contributed by atoms with E-state index in [9.17, 15) is 18.0 Å². The highest BCUT2D eigenvalue weighted by Crippen LogP contribution is 2.33. The van der Waals surface area contributed by atoms with Crippen molar-refractivity contribution in [2.75, 3.05) is 17.7 Å². The first-order chi connectivity index (χ1) is 16.0. The molecular weight excluding hydrogens is 451 g/mol. The fourth-order valence-electron chi connectivity index (χ4n) is 3.31. The van der Waals surface area contributed by atoms with Gasteiger partial charge in [0.25, 0.3) is 0 Å². The molecule has 3 aromatic heterocycles. The van der Waals surface area contributed by atoms with E-state index in [1.807, 2.05) is 0 Å². The van der Waals surface area contributed by atoms with Crippen LogP contribution in [0.2, 0.25) is 0 Å². The molecular formula is C22H20F3N7O2. The predicted molar refractivity (Wildman–Crippen MR) is 120 cm³/mol. The number of carbonyl (C=O) groups excluding carboxylic acids is 1. The Kier molecular flexibility index (Phi) is 5.82. The zero-order valence-corrected chi connectivity index (χ0v) is 18.7. The minimum atomic E-state index is -3.37. The molecule has 9 nitrogen and oxygen atoms in total. The van der Waals surface area contributed by atoms with Crippen molar-refractivity contribution >= 4 is 34.1 Å². The zero-order valence-electron chi connectivity index (χ0n) is 18.7. The van der Waals surface area contributed by atoms with Gasteiger partial charge in [-0.2, -0.15) is 13.9 Å². The molecule has 0 radical (unpaired) electrons. The summed E-state index contributed by atoms with van der Waals surface area (Å²) in [5.41, 5.74) is 0.820. The fraction of sp³-hybridized carbons (Fsp3) is 0.227. The second kappa shape index (κ2) is 8.61. The predicted octanol–water partition coefficient (Wildman–Crippen LogP) is 4.39. The Balaban J connectivity index is 1.82. The molecule has 0 spiro atoms. The molecule has 0 aliphatic carbocycles. The van der Waals surface area contributed by atoms with Gasteiger partial charge in [0.2, 0.25) is 11.7 Å². The van der Waals surface area contributed by atoms with Crippen molar-refractivity contribution in [2.45, 2.75) is 19.8 Å². The summed E-state index contributed by atoms with van der Waals surface area (Å²) in [5, 5.41) is 9.98. The largest absolute Gasteiger partial charge is 0.493 e. The molecule has 0 atom stereocenters. The quantitative estimate of drug-likeness (QED) is 0.430. The smallest absolute Gasteiger partial charge is 0.303 e. The van der Waals surface area contributed by atoms with Crippen LogP contribution in [-0.4, -0.2) is 37.7 Å². The number of fused-ring (bicyclic) bond motifs is 1. The normalized spacial score (nSPS) is 11.5.